The second kappa shape index (κ2) is 7.45. The molecule has 0 atom stereocenters. The van der Waals surface area contributed by atoms with Gasteiger partial charge in [-0.2, -0.15) is 9.50 Å². The predicted molar refractivity (Wildman–Crippen MR) is 102 cm³/mol. The highest BCUT2D eigenvalue weighted by molar-refractivity contribution is 7.20. The minimum absolute atomic E-state index is 0.221. The number of nitrogens with zero attached hydrogens (tertiary/aromatic N) is 5. The molecule has 1 aliphatic heterocycles. The maximum Gasteiger partial charge on any atom is 0.274 e. The van der Waals surface area contributed by atoms with E-state index < -0.39 is 5.56 Å². The molecule has 1 aliphatic rings. The van der Waals surface area contributed by atoms with Crippen LogP contribution in [0.2, 0.25) is 0 Å². The topological polar surface area (TPSA) is 80.0 Å². The molecule has 1 amide bonds. The van der Waals surface area contributed by atoms with Gasteiger partial charge in [0.1, 0.15) is 5.69 Å². The van der Waals surface area contributed by atoms with Crippen LogP contribution in [0.15, 0.2) is 41.2 Å². The first-order valence-corrected chi connectivity index (χ1v) is 9.46. The average Bonchev–Trinajstić information content (AvgIpc) is 3.12. The monoisotopic (exact) mass is 385 g/mol. The zero-order chi connectivity index (χ0) is 18.8. The standard InChI is InChI=1S/C18H19N5O3S/c1-21(12-13-5-3-2-4-6-13)16(25)14-11-15(24)19-17-23(14)20-18(27-17)22-7-9-26-10-8-22/h2-6,11H,7-10,12H2,1H3. The lowest BCUT2D eigenvalue weighted by Crippen LogP contribution is -2.36. The predicted octanol–water partition coefficient (Wildman–Crippen LogP) is 1.26. The molecule has 27 heavy (non-hydrogen) atoms. The maximum atomic E-state index is 13.0. The summed E-state index contributed by atoms with van der Waals surface area (Å²) in [4.78, 5) is 33.1. The number of anilines is 1. The minimum Gasteiger partial charge on any atom is -0.378 e. The third-order valence-corrected chi connectivity index (χ3v) is 5.32. The third kappa shape index (κ3) is 3.69. The zero-order valence-corrected chi connectivity index (χ0v) is 15.7. The largest absolute Gasteiger partial charge is 0.378 e. The van der Waals surface area contributed by atoms with Crippen LogP contribution in [-0.4, -0.2) is 58.8 Å². The van der Waals surface area contributed by atoms with Gasteiger partial charge in [0.25, 0.3) is 11.5 Å². The second-order valence-corrected chi connectivity index (χ2v) is 7.24. The number of benzene rings is 1. The van der Waals surface area contributed by atoms with Crippen LogP contribution < -0.4 is 10.5 Å². The summed E-state index contributed by atoms with van der Waals surface area (Å²) >= 11 is 1.31. The van der Waals surface area contributed by atoms with Crippen LogP contribution in [0, 0.1) is 0 Å². The lowest BCUT2D eigenvalue weighted by molar-refractivity contribution is 0.0776. The quantitative estimate of drug-likeness (QED) is 0.673. The molecule has 1 fully saturated rings. The number of hydrogen-bond acceptors (Lipinski definition) is 7. The number of ether oxygens (including phenoxy) is 1. The van der Waals surface area contributed by atoms with Crippen LogP contribution in [0.25, 0.3) is 4.96 Å². The summed E-state index contributed by atoms with van der Waals surface area (Å²) in [5.74, 6) is -0.271. The Labute approximate surface area is 159 Å². The second-order valence-electron chi connectivity index (χ2n) is 6.30. The fraction of sp³-hybridized carbons (Fsp3) is 0.333. The molecule has 1 saturated heterocycles. The van der Waals surface area contributed by atoms with Crippen molar-refractivity contribution in [3.05, 3.63) is 58.0 Å². The molecule has 3 aromatic rings. The first-order valence-electron chi connectivity index (χ1n) is 8.65. The summed E-state index contributed by atoms with van der Waals surface area (Å²) in [5, 5.41) is 5.28. The van der Waals surface area contributed by atoms with Crippen molar-refractivity contribution in [2.45, 2.75) is 6.54 Å². The van der Waals surface area contributed by atoms with Crippen LogP contribution >= 0.6 is 11.3 Å². The van der Waals surface area contributed by atoms with Gasteiger partial charge in [-0.3, -0.25) is 9.59 Å². The molecule has 0 unspecified atom stereocenters. The van der Waals surface area contributed by atoms with Crippen molar-refractivity contribution in [1.82, 2.24) is 19.5 Å². The summed E-state index contributed by atoms with van der Waals surface area (Å²) in [5.41, 5.74) is 0.793. The molecule has 1 aromatic carbocycles. The Bertz CT molecular complexity index is 1010. The van der Waals surface area contributed by atoms with Crippen LogP contribution in [-0.2, 0) is 11.3 Å². The SMILES string of the molecule is CN(Cc1ccccc1)C(=O)c1cc(=O)nc2sc(N3CCOCC3)nn12. The van der Waals surface area contributed by atoms with E-state index in [-0.39, 0.29) is 11.6 Å². The van der Waals surface area contributed by atoms with Gasteiger partial charge in [0, 0.05) is 32.7 Å². The van der Waals surface area contributed by atoms with E-state index in [4.69, 9.17) is 4.74 Å². The number of carbonyl (C=O) groups excluding carboxylic acids is 1. The van der Waals surface area contributed by atoms with Gasteiger partial charge in [0.2, 0.25) is 10.1 Å². The normalized spacial score (nSPS) is 14.5. The Morgan fingerprint density at radius 1 is 1.26 bits per heavy atom. The molecule has 3 heterocycles. The summed E-state index contributed by atoms with van der Waals surface area (Å²) in [6.07, 6.45) is 0. The van der Waals surface area contributed by atoms with E-state index in [1.165, 1.54) is 21.9 Å². The Kier molecular flexibility index (Phi) is 4.87. The van der Waals surface area contributed by atoms with E-state index in [0.717, 1.165) is 23.8 Å². The molecule has 4 rings (SSSR count). The van der Waals surface area contributed by atoms with Crippen LogP contribution in [0.5, 0.6) is 0 Å². The van der Waals surface area contributed by atoms with Crippen LogP contribution in [0.1, 0.15) is 16.1 Å². The van der Waals surface area contributed by atoms with Crippen molar-refractivity contribution in [2.75, 3.05) is 38.3 Å². The van der Waals surface area contributed by atoms with Crippen molar-refractivity contribution < 1.29 is 9.53 Å². The zero-order valence-electron chi connectivity index (χ0n) is 14.9. The van der Waals surface area contributed by atoms with E-state index in [9.17, 15) is 9.59 Å². The first kappa shape index (κ1) is 17.6. The fourth-order valence-corrected chi connectivity index (χ4v) is 3.92. The highest BCUT2D eigenvalue weighted by Crippen LogP contribution is 2.23. The van der Waals surface area contributed by atoms with Crippen molar-refractivity contribution in [1.29, 1.82) is 0 Å². The molecule has 8 nitrogen and oxygen atoms in total. The number of hydrogen-bond donors (Lipinski definition) is 0. The van der Waals surface area contributed by atoms with E-state index in [1.54, 1.807) is 11.9 Å². The highest BCUT2D eigenvalue weighted by Gasteiger charge is 2.22. The average molecular weight is 385 g/mol. The molecule has 140 valence electrons. The van der Waals surface area contributed by atoms with Crippen LogP contribution in [0.3, 0.4) is 0 Å². The summed E-state index contributed by atoms with van der Waals surface area (Å²) in [7, 11) is 1.71. The van der Waals surface area contributed by atoms with E-state index in [0.29, 0.717) is 24.7 Å². The number of fused-ring (bicyclic) bond motifs is 1. The Morgan fingerprint density at radius 3 is 2.74 bits per heavy atom. The highest BCUT2D eigenvalue weighted by atomic mass is 32.1. The van der Waals surface area contributed by atoms with Crippen molar-refractivity contribution in [2.24, 2.45) is 0 Å². The summed E-state index contributed by atoms with van der Waals surface area (Å²) in [6, 6.07) is 10.9. The molecule has 0 spiro atoms. The smallest absolute Gasteiger partial charge is 0.274 e. The number of rotatable bonds is 4. The fourth-order valence-electron chi connectivity index (χ4n) is 2.96. The van der Waals surface area contributed by atoms with Gasteiger partial charge in [-0.15, -0.1) is 5.10 Å². The Morgan fingerprint density at radius 2 is 2.00 bits per heavy atom. The molecule has 0 radical (unpaired) electrons. The molecule has 0 N–H and O–H groups in total. The van der Waals surface area contributed by atoms with E-state index in [1.807, 2.05) is 30.3 Å². The Balaban J connectivity index is 1.66. The van der Waals surface area contributed by atoms with Gasteiger partial charge >= 0.3 is 0 Å². The van der Waals surface area contributed by atoms with Gasteiger partial charge in [0.15, 0.2) is 0 Å². The molecule has 0 bridgehead atoms. The summed E-state index contributed by atoms with van der Waals surface area (Å²) in [6.45, 7) is 3.15. The van der Waals surface area contributed by atoms with Crippen molar-refractivity contribution in [3.63, 3.8) is 0 Å². The number of carbonyl (C=O) groups is 1. The van der Waals surface area contributed by atoms with Gasteiger partial charge in [-0.25, -0.2) is 0 Å². The lowest BCUT2D eigenvalue weighted by atomic mass is 10.2. The van der Waals surface area contributed by atoms with Crippen LogP contribution in [0.4, 0.5) is 5.13 Å². The van der Waals surface area contributed by atoms with Gasteiger partial charge in [0.05, 0.1) is 13.2 Å². The number of morpholine rings is 1. The van der Waals surface area contributed by atoms with Gasteiger partial charge < -0.3 is 14.5 Å². The van der Waals surface area contributed by atoms with E-state index in [2.05, 4.69) is 15.0 Å². The molecule has 2 aromatic heterocycles. The summed E-state index contributed by atoms with van der Waals surface area (Å²) < 4.78 is 6.84. The Hall–Kier alpha value is -2.78. The first-order chi connectivity index (χ1) is 13.1. The van der Waals surface area contributed by atoms with Crippen molar-refractivity contribution >= 4 is 27.3 Å². The molecule has 0 saturated carbocycles. The van der Waals surface area contributed by atoms with Gasteiger partial charge in [-0.1, -0.05) is 41.7 Å². The molecule has 9 heteroatoms. The maximum absolute atomic E-state index is 13.0. The third-order valence-electron chi connectivity index (χ3n) is 4.35. The lowest BCUT2D eigenvalue weighted by Gasteiger charge is -2.25. The van der Waals surface area contributed by atoms with Gasteiger partial charge in [-0.05, 0) is 5.56 Å². The van der Waals surface area contributed by atoms with Crippen molar-refractivity contribution in [3.8, 4) is 0 Å². The van der Waals surface area contributed by atoms with E-state index >= 15 is 0 Å². The number of amides is 1. The number of aromatic nitrogens is 3. The molecular formula is C18H19N5O3S. The molecule has 0 aliphatic carbocycles. The minimum atomic E-state index is -0.441. The molecular weight excluding hydrogens is 366 g/mol.